The normalized spacial score (nSPS) is 22.2. The maximum absolute atomic E-state index is 13.5. The van der Waals surface area contributed by atoms with Gasteiger partial charge in [0, 0.05) is 63.5 Å². The minimum Gasteiger partial charge on any atom is -0.397 e. The summed E-state index contributed by atoms with van der Waals surface area (Å²) in [5, 5.41) is 3.05. The maximum atomic E-state index is 13.5. The summed E-state index contributed by atoms with van der Waals surface area (Å²) in [7, 11) is 1.66. The van der Waals surface area contributed by atoms with Crippen LogP contribution in [0.15, 0.2) is 33.8 Å². The second-order valence-corrected chi connectivity index (χ2v) is 9.66. The third-order valence-corrected chi connectivity index (χ3v) is 6.89. The predicted molar refractivity (Wildman–Crippen MR) is 127 cm³/mol. The molecular weight excluding hydrogens is 482 g/mol. The number of anilines is 4. The molecule has 0 radical (unpaired) electrons. The third kappa shape index (κ3) is 4.91. The summed E-state index contributed by atoms with van der Waals surface area (Å²) < 4.78 is 29.0. The molecule has 2 fully saturated rings. The summed E-state index contributed by atoms with van der Waals surface area (Å²) >= 11 is 3.30. The summed E-state index contributed by atoms with van der Waals surface area (Å²) in [6.07, 6.45) is 2.70. The Morgan fingerprint density at radius 3 is 2.62 bits per heavy atom. The summed E-state index contributed by atoms with van der Waals surface area (Å²) in [5.41, 5.74) is 8.38. The highest BCUT2D eigenvalue weighted by Crippen LogP contribution is 2.36. The van der Waals surface area contributed by atoms with Crippen LogP contribution in [0.1, 0.15) is 32.6 Å². The van der Waals surface area contributed by atoms with Crippen molar-refractivity contribution in [2.75, 3.05) is 35.6 Å². The molecule has 1 aromatic heterocycles. The number of halogens is 3. The van der Waals surface area contributed by atoms with Crippen LogP contribution < -0.4 is 21.5 Å². The monoisotopic (exact) mass is 510 g/mol. The Hall–Kier alpha value is -2.20. The molecule has 3 N–H and O–H groups in total. The lowest BCUT2D eigenvalue weighted by Gasteiger charge is -2.46. The molecule has 0 bridgehead atoms. The quantitative estimate of drug-likeness (QED) is 0.606. The number of nitrogen functional groups attached to an aromatic ring is 1. The molecule has 1 aliphatic carbocycles. The molecule has 4 rings (SSSR count). The average Bonchev–Trinajstić information content (AvgIpc) is 2.72. The van der Waals surface area contributed by atoms with Gasteiger partial charge >= 0.3 is 0 Å². The molecule has 1 saturated heterocycles. The van der Waals surface area contributed by atoms with E-state index in [-0.39, 0.29) is 36.3 Å². The minimum atomic E-state index is -2.50. The van der Waals surface area contributed by atoms with Crippen LogP contribution in [0.3, 0.4) is 0 Å². The first-order chi connectivity index (χ1) is 15.1. The highest BCUT2D eigenvalue weighted by atomic mass is 79.9. The van der Waals surface area contributed by atoms with E-state index in [1.807, 2.05) is 12.1 Å². The van der Waals surface area contributed by atoms with Crippen molar-refractivity contribution in [3.05, 3.63) is 39.4 Å². The van der Waals surface area contributed by atoms with Crippen LogP contribution in [0.5, 0.6) is 0 Å². The smallest absolute Gasteiger partial charge is 0.293 e. The first-order valence-corrected chi connectivity index (χ1v) is 11.7. The van der Waals surface area contributed by atoms with Crippen molar-refractivity contribution in [1.82, 2.24) is 14.5 Å². The van der Waals surface area contributed by atoms with E-state index >= 15 is 0 Å². The van der Waals surface area contributed by atoms with Gasteiger partial charge in [-0.1, -0.05) is 0 Å². The number of rotatable bonds is 4. The van der Waals surface area contributed by atoms with Crippen molar-refractivity contribution in [1.29, 1.82) is 0 Å². The zero-order valence-electron chi connectivity index (χ0n) is 18.3. The van der Waals surface area contributed by atoms with E-state index in [9.17, 15) is 13.6 Å². The number of hydrogen-bond acceptors (Lipinski definition) is 6. The number of nitrogens with zero attached hydrogens (tertiary/aromatic N) is 4. The van der Waals surface area contributed by atoms with Crippen LogP contribution in [0.2, 0.25) is 0 Å². The van der Waals surface area contributed by atoms with Crippen LogP contribution in [0.4, 0.5) is 31.7 Å². The zero-order chi connectivity index (χ0) is 23.0. The van der Waals surface area contributed by atoms with Gasteiger partial charge in [0.1, 0.15) is 4.60 Å². The van der Waals surface area contributed by atoms with Crippen molar-refractivity contribution in [3.63, 3.8) is 0 Å². The molecule has 0 spiro atoms. The molecule has 10 heteroatoms. The first kappa shape index (κ1) is 23.0. The van der Waals surface area contributed by atoms with Crippen molar-refractivity contribution in [3.8, 4) is 0 Å². The Labute approximate surface area is 194 Å². The lowest BCUT2D eigenvalue weighted by atomic mass is 9.90. The highest BCUT2D eigenvalue weighted by molar-refractivity contribution is 9.10. The van der Waals surface area contributed by atoms with Crippen LogP contribution in [-0.2, 0) is 7.05 Å². The fourth-order valence-corrected chi connectivity index (χ4v) is 5.23. The van der Waals surface area contributed by atoms with E-state index in [2.05, 4.69) is 43.0 Å². The lowest BCUT2D eigenvalue weighted by Crippen LogP contribution is -2.56. The van der Waals surface area contributed by atoms with Gasteiger partial charge < -0.3 is 20.5 Å². The molecule has 2 aliphatic rings. The molecule has 1 saturated carbocycles. The summed E-state index contributed by atoms with van der Waals surface area (Å²) in [6, 6.07) is 6.10. The van der Waals surface area contributed by atoms with Gasteiger partial charge in [0.05, 0.1) is 11.4 Å². The van der Waals surface area contributed by atoms with Gasteiger partial charge in [0.15, 0.2) is 5.82 Å². The first-order valence-electron chi connectivity index (χ1n) is 10.9. The molecule has 32 heavy (non-hydrogen) atoms. The minimum absolute atomic E-state index is 0.0103. The van der Waals surface area contributed by atoms with Crippen LogP contribution in [0.25, 0.3) is 0 Å². The average molecular weight is 511 g/mol. The van der Waals surface area contributed by atoms with Crippen molar-refractivity contribution >= 4 is 38.8 Å². The Kier molecular flexibility index (Phi) is 6.44. The Morgan fingerprint density at radius 1 is 1.25 bits per heavy atom. The SMILES string of the molecule is C[C@H]1CN(C2CCC(F)(F)CC2)CCN1c1ccc(Nc2nc(Br)cn(C)c2=O)cc1N. The van der Waals surface area contributed by atoms with E-state index in [0.717, 1.165) is 25.3 Å². The van der Waals surface area contributed by atoms with Gasteiger partial charge in [0.25, 0.3) is 5.56 Å². The van der Waals surface area contributed by atoms with Crippen LogP contribution in [0, 0.1) is 0 Å². The largest absolute Gasteiger partial charge is 0.397 e. The molecule has 7 nitrogen and oxygen atoms in total. The molecule has 2 heterocycles. The number of aromatic nitrogens is 2. The van der Waals surface area contributed by atoms with Crippen molar-refractivity contribution in [2.24, 2.45) is 7.05 Å². The molecule has 1 aliphatic heterocycles. The molecular formula is C22H29BrF2N6O. The summed E-state index contributed by atoms with van der Waals surface area (Å²) in [4.78, 5) is 21.1. The lowest BCUT2D eigenvalue weighted by molar-refractivity contribution is -0.0551. The van der Waals surface area contributed by atoms with Gasteiger partial charge in [-0.2, -0.15) is 0 Å². The van der Waals surface area contributed by atoms with Crippen molar-refractivity contribution < 1.29 is 8.78 Å². The number of piperazine rings is 1. The topological polar surface area (TPSA) is 79.4 Å². The van der Waals surface area contributed by atoms with Crippen LogP contribution in [-0.4, -0.2) is 52.1 Å². The third-order valence-electron chi connectivity index (χ3n) is 6.50. The predicted octanol–water partition coefficient (Wildman–Crippen LogP) is 3.96. The maximum Gasteiger partial charge on any atom is 0.293 e. The number of nitrogens with two attached hydrogens (primary N) is 1. The van der Waals surface area contributed by atoms with E-state index < -0.39 is 5.92 Å². The second kappa shape index (κ2) is 8.97. The summed E-state index contributed by atoms with van der Waals surface area (Å²) in [5.74, 6) is -2.28. The second-order valence-electron chi connectivity index (χ2n) is 8.85. The Balaban J connectivity index is 1.43. The molecule has 174 valence electrons. The standard InChI is InChI=1S/C22H29BrF2N6O/c1-14-12-30(16-5-7-22(24,25)8-6-16)9-10-31(14)18-4-3-15(11-17(18)26)27-20-21(32)29(2)13-19(23)28-20/h3-4,11,13-14,16H,5-10,12,26H2,1-2H3,(H,27,28)/t14-/m0/s1. The van der Waals surface area contributed by atoms with Gasteiger partial charge in [-0.3, -0.25) is 9.69 Å². The van der Waals surface area contributed by atoms with Crippen LogP contribution >= 0.6 is 15.9 Å². The molecule has 2 aromatic rings. The van der Waals surface area contributed by atoms with E-state index in [4.69, 9.17) is 5.73 Å². The van der Waals surface area contributed by atoms with Gasteiger partial charge in [-0.05, 0) is 53.9 Å². The molecule has 0 amide bonds. The van der Waals surface area contributed by atoms with Crippen molar-refractivity contribution in [2.45, 2.75) is 50.6 Å². The Bertz CT molecular complexity index is 1040. The van der Waals surface area contributed by atoms with Gasteiger partial charge in [-0.15, -0.1) is 0 Å². The number of nitrogens with one attached hydrogen (secondary N) is 1. The fraction of sp³-hybridized carbons (Fsp3) is 0.545. The Morgan fingerprint density at radius 2 is 1.97 bits per heavy atom. The zero-order valence-corrected chi connectivity index (χ0v) is 19.9. The highest BCUT2D eigenvalue weighted by Gasteiger charge is 2.38. The molecule has 1 atom stereocenters. The number of aryl methyl sites for hydroxylation is 1. The van der Waals surface area contributed by atoms with Gasteiger partial charge in [0.2, 0.25) is 5.92 Å². The molecule has 1 aromatic carbocycles. The van der Waals surface area contributed by atoms with E-state index in [0.29, 0.717) is 28.8 Å². The number of alkyl halides is 2. The number of benzene rings is 1. The van der Waals surface area contributed by atoms with Gasteiger partial charge in [-0.25, -0.2) is 13.8 Å². The van der Waals surface area contributed by atoms with E-state index in [1.165, 1.54) is 4.57 Å². The summed E-state index contributed by atoms with van der Waals surface area (Å²) in [6.45, 7) is 4.59. The molecule has 0 unspecified atom stereocenters. The fourth-order valence-electron chi connectivity index (χ4n) is 4.75. The number of hydrogen-bond donors (Lipinski definition) is 2. The van der Waals surface area contributed by atoms with E-state index in [1.54, 1.807) is 19.3 Å².